The second-order valence-electron chi connectivity index (χ2n) is 4.82. The van der Waals surface area contributed by atoms with Crippen molar-refractivity contribution < 1.29 is 20.1 Å². The molecule has 0 radical (unpaired) electrons. The van der Waals surface area contributed by atoms with Crippen LogP contribution in [0.4, 0.5) is 0 Å². The highest BCUT2D eigenvalue weighted by atomic mass is 16.3. The van der Waals surface area contributed by atoms with Crippen LogP contribution >= 0.6 is 0 Å². The summed E-state index contributed by atoms with van der Waals surface area (Å²) in [4.78, 5) is 13.8. The summed E-state index contributed by atoms with van der Waals surface area (Å²) in [6, 6.07) is 3.84. The summed E-state index contributed by atoms with van der Waals surface area (Å²) in [6.45, 7) is 2.86. The van der Waals surface area contributed by atoms with Crippen LogP contribution in [0.1, 0.15) is 23.7 Å². The first kappa shape index (κ1) is 12.7. The summed E-state index contributed by atoms with van der Waals surface area (Å²) in [5, 5.41) is 28.3. The zero-order valence-electron chi connectivity index (χ0n) is 10.2. The van der Waals surface area contributed by atoms with Gasteiger partial charge < -0.3 is 20.2 Å². The van der Waals surface area contributed by atoms with Crippen LogP contribution in [0.5, 0.6) is 11.5 Å². The van der Waals surface area contributed by atoms with Crippen LogP contribution < -0.4 is 0 Å². The minimum absolute atomic E-state index is 0.0357. The van der Waals surface area contributed by atoms with Crippen molar-refractivity contribution in [2.75, 3.05) is 13.1 Å². The molecule has 98 valence electrons. The number of benzene rings is 1. The number of hydrogen-bond donors (Lipinski definition) is 3. The van der Waals surface area contributed by atoms with Crippen LogP contribution in [0, 0.1) is 5.92 Å². The Labute approximate surface area is 105 Å². The van der Waals surface area contributed by atoms with Gasteiger partial charge >= 0.3 is 0 Å². The molecule has 1 aliphatic heterocycles. The third-order valence-corrected chi connectivity index (χ3v) is 3.30. The maximum Gasteiger partial charge on any atom is 0.254 e. The van der Waals surface area contributed by atoms with Gasteiger partial charge in [0.1, 0.15) is 11.5 Å². The van der Waals surface area contributed by atoms with Crippen LogP contribution in [0.25, 0.3) is 0 Å². The fraction of sp³-hybridized carbons (Fsp3) is 0.462. The van der Waals surface area contributed by atoms with Crippen molar-refractivity contribution in [3.05, 3.63) is 23.8 Å². The Morgan fingerprint density at radius 2 is 1.89 bits per heavy atom. The molecule has 0 spiro atoms. The van der Waals surface area contributed by atoms with E-state index in [2.05, 4.69) is 0 Å². The van der Waals surface area contributed by atoms with Crippen molar-refractivity contribution in [2.24, 2.45) is 5.92 Å². The molecule has 1 aromatic rings. The van der Waals surface area contributed by atoms with Gasteiger partial charge in [-0.1, -0.05) is 6.92 Å². The van der Waals surface area contributed by atoms with E-state index in [1.54, 1.807) is 4.90 Å². The van der Waals surface area contributed by atoms with Crippen molar-refractivity contribution in [3.8, 4) is 11.5 Å². The van der Waals surface area contributed by atoms with Gasteiger partial charge in [0.05, 0.1) is 6.10 Å². The number of phenolic OH excluding ortho intramolecular Hbond substituents is 2. The molecule has 2 atom stereocenters. The molecule has 5 nitrogen and oxygen atoms in total. The Morgan fingerprint density at radius 3 is 2.44 bits per heavy atom. The van der Waals surface area contributed by atoms with E-state index < -0.39 is 0 Å². The maximum atomic E-state index is 12.2. The lowest BCUT2D eigenvalue weighted by molar-refractivity contribution is 0.0297. The number of aliphatic hydroxyl groups is 1. The van der Waals surface area contributed by atoms with Crippen molar-refractivity contribution >= 4 is 5.91 Å². The van der Waals surface area contributed by atoms with Crippen molar-refractivity contribution in [1.29, 1.82) is 0 Å². The minimum Gasteiger partial charge on any atom is -0.508 e. The van der Waals surface area contributed by atoms with E-state index in [-0.39, 0.29) is 35.0 Å². The van der Waals surface area contributed by atoms with Crippen LogP contribution in [0.3, 0.4) is 0 Å². The first-order valence-corrected chi connectivity index (χ1v) is 5.97. The molecule has 0 saturated carbocycles. The number of aromatic hydroxyl groups is 2. The molecule has 0 aromatic heterocycles. The molecule has 5 heteroatoms. The van der Waals surface area contributed by atoms with E-state index in [4.69, 9.17) is 0 Å². The Hall–Kier alpha value is -1.75. The zero-order chi connectivity index (χ0) is 13.3. The number of hydrogen-bond acceptors (Lipinski definition) is 4. The molecule has 2 unspecified atom stereocenters. The third kappa shape index (κ3) is 2.56. The topological polar surface area (TPSA) is 81.0 Å². The van der Waals surface area contributed by atoms with Gasteiger partial charge in [0.15, 0.2) is 0 Å². The summed E-state index contributed by atoms with van der Waals surface area (Å²) in [5.41, 5.74) is 0.260. The number of aliphatic hydroxyl groups excluding tert-OH is 1. The molecular weight excluding hydrogens is 234 g/mol. The lowest BCUT2D eigenvalue weighted by atomic mass is 9.96. The van der Waals surface area contributed by atoms with Gasteiger partial charge in [0, 0.05) is 24.7 Å². The lowest BCUT2D eigenvalue weighted by Crippen LogP contribution is -2.44. The molecule has 1 fully saturated rings. The molecule has 3 N–H and O–H groups in total. The largest absolute Gasteiger partial charge is 0.508 e. The van der Waals surface area contributed by atoms with E-state index in [0.29, 0.717) is 19.5 Å². The summed E-state index contributed by atoms with van der Waals surface area (Å²) in [5.74, 6) is -0.472. The van der Waals surface area contributed by atoms with Gasteiger partial charge in [-0.15, -0.1) is 0 Å². The number of rotatable bonds is 1. The standard InChI is InChI=1S/C13H17NO4/c1-8-7-14(3-2-12(8)17)13(18)9-4-10(15)6-11(16)5-9/h4-6,8,12,15-17H,2-3,7H2,1H3. The number of piperidine rings is 1. The highest BCUT2D eigenvalue weighted by Gasteiger charge is 2.28. The highest BCUT2D eigenvalue weighted by molar-refractivity contribution is 5.95. The molecule has 1 amide bonds. The fourth-order valence-corrected chi connectivity index (χ4v) is 2.22. The summed E-state index contributed by atoms with van der Waals surface area (Å²) < 4.78 is 0. The van der Waals surface area contributed by atoms with E-state index in [0.717, 1.165) is 0 Å². The van der Waals surface area contributed by atoms with Crippen LogP contribution in [-0.2, 0) is 0 Å². The molecule has 0 bridgehead atoms. The zero-order valence-corrected chi connectivity index (χ0v) is 10.2. The Morgan fingerprint density at radius 1 is 1.28 bits per heavy atom. The Bertz CT molecular complexity index is 440. The smallest absolute Gasteiger partial charge is 0.254 e. The van der Waals surface area contributed by atoms with Crippen LogP contribution in [-0.4, -0.2) is 45.3 Å². The number of phenols is 2. The van der Waals surface area contributed by atoms with Gasteiger partial charge in [-0.25, -0.2) is 0 Å². The normalized spacial score (nSPS) is 24.0. The third-order valence-electron chi connectivity index (χ3n) is 3.30. The predicted octanol–water partition coefficient (Wildman–Crippen LogP) is 0.941. The minimum atomic E-state index is -0.369. The van der Waals surface area contributed by atoms with Gasteiger partial charge in [0.2, 0.25) is 0 Å². The maximum absolute atomic E-state index is 12.2. The molecule has 0 aliphatic carbocycles. The molecule has 18 heavy (non-hydrogen) atoms. The average molecular weight is 251 g/mol. The summed E-state index contributed by atoms with van der Waals surface area (Å²) >= 11 is 0. The Balaban J connectivity index is 2.16. The molecule has 1 saturated heterocycles. The van der Waals surface area contributed by atoms with Crippen molar-refractivity contribution in [2.45, 2.75) is 19.4 Å². The second-order valence-corrected chi connectivity index (χ2v) is 4.82. The highest BCUT2D eigenvalue weighted by Crippen LogP contribution is 2.24. The van der Waals surface area contributed by atoms with E-state index >= 15 is 0 Å². The lowest BCUT2D eigenvalue weighted by Gasteiger charge is -2.34. The molecule has 1 aromatic carbocycles. The Kier molecular flexibility index (Phi) is 3.43. The van der Waals surface area contributed by atoms with Gasteiger partial charge in [-0.2, -0.15) is 0 Å². The first-order chi connectivity index (χ1) is 8.47. The average Bonchev–Trinajstić information content (AvgIpc) is 2.30. The van der Waals surface area contributed by atoms with Gasteiger partial charge in [-0.3, -0.25) is 4.79 Å². The molecule has 1 heterocycles. The van der Waals surface area contributed by atoms with E-state index in [1.807, 2.05) is 6.92 Å². The van der Waals surface area contributed by atoms with Crippen molar-refractivity contribution in [1.82, 2.24) is 4.90 Å². The SMILES string of the molecule is CC1CN(C(=O)c2cc(O)cc(O)c2)CCC1O. The van der Waals surface area contributed by atoms with Crippen LogP contribution in [0.15, 0.2) is 18.2 Å². The number of nitrogens with zero attached hydrogens (tertiary/aromatic N) is 1. The molecular formula is C13H17NO4. The number of likely N-dealkylation sites (tertiary alicyclic amines) is 1. The number of carbonyl (C=O) groups excluding carboxylic acids is 1. The quantitative estimate of drug-likeness (QED) is 0.694. The number of carbonyl (C=O) groups is 1. The van der Waals surface area contributed by atoms with E-state index in [1.165, 1.54) is 18.2 Å². The van der Waals surface area contributed by atoms with Gasteiger partial charge in [0.25, 0.3) is 5.91 Å². The molecule has 2 rings (SSSR count). The van der Waals surface area contributed by atoms with Crippen molar-refractivity contribution in [3.63, 3.8) is 0 Å². The first-order valence-electron chi connectivity index (χ1n) is 5.97. The monoisotopic (exact) mass is 251 g/mol. The predicted molar refractivity (Wildman–Crippen MR) is 65.5 cm³/mol. The summed E-state index contributed by atoms with van der Waals surface area (Å²) in [7, 11) is 0. The summed E-state index contributed by atoms with van der Waals surface area (Å²) in [6.07, 6.45) is 0.184. The van der Waals surface area contributed by atoms with E-state index in [9.17, 15) is 20.1 Å². The molecule has 1 aliphatic rings. The number of amides is 1. The van der Waals surface area contributed by atoms with Crippen LogP contribution in [0.2, 0.25) is 0 Å². The second kappa shape index (κ2) is 4.86. The van der Waals surface area contributed by atoms with Gasteiger partial charge in [-0.05, 0) is 24.5 Å². The fourth-order valence-electron chi connectivity index (χ4n) is 2.22.